The molecule has 0 unspecified atom stereocenters. The van der Waals surface area contributed by atoms with Crippen molar-refractivity contribution in [3.8, 4) is 0 Å². The Morgan fingerprint density at radius 1 is 1.05 bits per heavy atom. The Hall–Kier alpha value is -1.23. The largest absolute Gasteiger partial charge is 0.338 e. The maximum Gasteiger partial charge on any atom is 0.319 e. The van der Waals surface area contributed by atoms with Crippen LogP contribution in [0.1, 0.15) is 5.56 Å². The Bertz CT molecular complexity index is 629. The van der Waals surface area contributed by atoms with E-state index in [-0.39, 0.29) is 6.03 Å². The standard InChI is InChI=1S/C15H13BrCl2N2O/c16-11-5-2-1-4-10(11)8-9-19-15(21)20-14-12(17)6-3-7-13(14)18/h1-7H,8-9H2,(H2,19,20,21). The summed E-state index contributed by atoms with van der Waals surface area (Å²) in [5, 5.41) is 6.24. The molecular formula is C15H13BrCl2N2O. The minimum Gasteiger partial charge on any atom is -0.338 e. The van der Waals surface area contributed by atoms with Gasteiger partial charge < -0.3 is 10.6 Å². The van der Waals surface area contributed by atoms with Crippen LogP contribution >= 0.6 is 39.1 Å². The Labute approximate surface area is 141 Å². The van der Waals surface area contributed by atoms with Gasteiger partial charge in [-0.2, -0.15) is 0 Å². The van der Waals surface area contributed by atoms with Gasteiger partial charge in [0.15, 0.2) is 0 Å². The third kappa shape index (κ3) is 4.63. The summed E-state index contributed by atoms with van der Waals surface area (Å²) >= 11 is 15.5. The lowest BCUT2D eigenvalue weighted by Crippen LogP contribution is -2.30. The van der Waals surface area contributed by atoms with Crippen molar-refractivity contribution in [1.29, 1.82) is 0 Å². The van der Waals surface area contributed by atoms with Crippen molar-refractivity contribution in [3.63, 3.8) is 0 Å². The van der Waals surface area contributed by atoms with Crippen molar-refractivity contribution in [1.82, 2.24) is 5.32 Å². The molecule has 110 valence electrons. The van der Waals surface area contributed by atoms with Crippen LogP contribution in [0, 0.1) is 0 Å². The van der Waals surface area contributed by atoms with Gasteiger partial charge in [-0.3, -0.25) is 0 Å². The van der Waals surface area contributed by atoms with Gasteiger partial charge in [0.25, 0.3) is 0 Å². The van der Waals surface area contributed by atoms with Gasteiger partial charge in [-0.25, -0.2) is 4.79 Å². The molecule has 2 N–H and O–H groups in total. The number of rotatable bonds is 4. The molecule has 2 aromatic carbocycles. The molecule has 0 bridgehead atoms. The van der Waals surface area contributed by atoms with Gasteiger partial charge in [0, 0.05) is 11.0 Å². The molecule has 0 fully saturated rings. The van der Waals surface area contributed by atoms with Gasteiger partial charge in [-0.05, 0) is 30.2 Å². The van der Waals surface area contributed by atoms with E-state index in [1.807, 2.05) is 24.3 Å². The molecular weight excluding hydrogens is 375 g/mol. The molecule has 6 heteroatoms. The van der Waals surface area contributed by atoms with E-state index in [1.54, 1.807) is 18.2 Å². The van der Waals surface area contributed by atoms with Gasteiger partial charge in [0.2, 0.25) is 0 Å². The van der Waals surface area contributed by atoms with Crippen molar-refractivity contribution in [3.05, 3.63) is 62.5 Å². The van der Waals surface area contributed by atoms with E-state index in [9.17, 15) is 4.79 Å². The average Bonchev–Trinajstić information content (AvgIpc) is 2.45. The van der Waals surface area contributed by atoms with Crippen molar-refractivity contribution < 1.29 is 4.79 Å². The van der Waals surface area contributed by atoms with Crippen LogP contribution < -0.4 is 10.6 Å². The highest BCUT2D eigenvalue weighted by Gasteiger charge is 2.09. The molecule has 0 aliphatic carbocycles. The van der Waals surface area contributed by atoms with E-state index in [1.165, 1.54) is 0 Å². The van der Waals surface area contributed by atoms with E-state index < -0.39 is 0 Å². The van der Waals surface area contributed by atoms with E-state index in [0.717, 1.165) is 16.5 Å². The van der Waals surface area contributed by atoms with Crippen molar-refractivity contribution in [2.75, 3.05) is 11.9 Å². The van der Waals surface area contributed by atoms with Gasteiger partial charge in [0.05, 0.1) is 15.7 Å². The number of anilines is 1. The number of nitrogens with one attached hydrogen (secondary N) is 2. The summed E-state index contributed by atoms with van der Waals surface area (Å²) < 4.78 is 1.03. The van der Waals surface area contributed by atoms with Crippen LogP contribution in [0.3, 0.4) is 0 Å². The Balaban J connectivity index is 1.87. The number of carbonyl (C=O) groups is 1. The lowest BCUT2D eigenvalue weighted by molar-refractivity contribution is 0.252. The highest BCUT2D eigenvalue weighted by atomic mass is 79.9. The molecule has 0 spiro atoms. The second-order valence-corrected chi connectivity index (χ2v) is 5.99. The molecule has 2 rings (SSSR count). The quantitative estimate of drug-likeness (QED) is 0.750. The zero-order chi connectivity index (χ0) is 15.2. The molecule has 2 aromatic rings. The number of halogens is 3. The fraction of sp³-hybridized carbons (Fsp3) is 0.133. The number of amides is 2. The highest BCUT2D eigenvalue weighted by Crippen LogP contribution is 2.29. The normalized spacial score (nSPS) is 10.2. The predicted molar refractivity (Wildman–Crippen MR) is 91.3 cm³/mol. The first kappa shape index (κ1) is 16.1. The van der Waals surface area contributed by atoms with Crippen molar-refractivity contribution in [2.24, 2.45) is 0 Å². The fourth-order valence-electron chi connectivity index (χ4n) is 1.79. The molecule has 0 aliphatic heterocycles. The average molecular weight is 388 g/mol. The zero-order valence-electron chi connectivity index (χ0n) is 11.0. The topological polar surface area (TPSA) is 41.1 Å². The van der Waals surface area contributed by atoms with Crippen LogP contribution in [0.5, 0.6) is 0 Å². The third-order valence-electron chi connectivity index (χ3n) is 2.84. The Morgan fingerprint density at radius 3 is 2.38 bits per heavy atom. The SMILES string of the molecule is O=C(NCCc1ccccc1Br)Nc1c(Cl)cccc1Cl. The maximum absolute atomic E-state index is 11.8. The molecule has 0 atom stereocenters. The second-order valence-electron chi connectivity index (χ2n) is 4.32. The molecule has 0 aromatic heterocycles. The van der Waals surface area contributed by atoms with Gasteiger partial charge >= 0.3 is 6.03 Å². The summed E-state index contributed by atoms with van der Waals surface area (Å²) in [7, 11) is 0. The number of hydrogen-bond donors (Lipinski definition) is 2. The van der Waals surface area contributed by atoms with E-state index >= 15 is 0 Å². The van der Waals surface area contributed by atoms with Gasteiger partial charge in [-0.15, -0.1) is 0 Å². The lowest BCUT2D eigenvalue weighted by Gasteiger charge is -2.11. The monoisotopic (exact) mass is 386 g/mol. The zero-order valence-corrected chi connectivity index (χ0v) is 14.1. The third-order valence-corrected chi connectivity index (χ3v) is 4.24. The first-order valence-corrected chi connectivity index (χ1v) is 7.85. The van der Waals surface area contributed by atoms with Crippen molar-refractivity contribution >= 4 is 50.9 Å². The molecule has 0 heterocycles. The molecule has 21 heavy (non-hydrogen) atoms. The van der Waals surface area contributed by atoms with Gasteiger partial charge in [0.1, 0.15) is 0 Å². The Kier molecular flexibility index (Phi) is 5.91. The number of para-hydroxylation sites is 1. The Morgan fingerprint density at radius 2 is 1.71 bits per heavy atom. The van der Waals surface area contributed by atoms with Crippen LogP contribution in [0.15, 0.2) is 46.9 Å². The number of benzene rings is 2. The molecule has 0 saturated heterocycles. The van der Waals surface area contributed by atoms with Crippen LogP contribution in [0.25, 0.3) is 0 Å². The second kappa shape index (κ2) is 7.69. The fourth-order valence-corrected chi connectivity index (χ4v) is 2.76. The van der Waals surface area contributed by atoms with Crippen LogP contribution in [0.4, 0.5) is 10.5 Å². The van der Waals surface area contributed by atoms with Crippen LogP contribution in [-0.2, 0) is 6.42 Å². The molecule has 0 radical (unpaired) electrons. The summed E-state index contributed by atoms with van der Waals surface area (Å²) in [6.07, 6.45) is 0.727. The van der Waals surface area contributed by atoms with E-state index in [0.29, 0.717) is 22.3 Å². The highest BCUT2D eigenvalue weighted by molar-refractivity contribution is 9.10. The number of urea groups is 1. The summed E-state index contributed by atoms with van der Waals surface area (Å²) in [5.74, 6) is 0. The summed E-state index contributed by atoms with van der Waals surface area (Å²) in [5.41, 5.74) is 1.55. The molecule has 2 amide bonds. The smallest absolute Gasteiger partial charge is 0.319 e. The number of carbonyl (C=O) groups excluding carboxylic acids is 1. The van der Waals surface area contributed by atoms with Crippen LogP contribution in [-0.4, -0.2) is 12.6 Å². The van der Waals surface area contributed by atoms with Gasteiger partial charge in [-0.1, -0.05) is 63.4 Å². The summed E-state index contributed by atoms with van der Waals surface area (Å²) in [6.45, 7) is 0.510. The first-order chi connectivity index (χ1) is 10.1. The summed E-state index contributed by atoms with van der Waals surface area (Å²) in [4.78, 5) is 11.8. The van der Waals surface area contributed by atoms with Crippen molar-refractivity contribution in [2.45, 2.75) is 6.42 Å². The van der Waals surface area contributed by atoms with E-state index in [2.05, 4.69) is 26.6 Å². The first-order valence-electron chi connectivity index (χ1n) is 6.30. The summed E-state index contributed by atoms with van der Waals surface area (Å²) in [6, 6.07) is 12.6. The van der Waals surface area contributed by atoms with Crippen LogP contribution in [0.2, 0.25) is 10.0 Å². The minimum atomic E-state index is -0.336. The predicted octanol–water partition coefficient (Wildman–Crippen LogP) is 5.12. The van der Waals surface area contributed by atoms with E-state index in [4.69, 9.17) is 23.2 Å². The molecule has 3 nitrogen and oxygen atoms in total. The minimum absolute atomic E-state index is 0.336. The maximum atomic E-state index is 11.8. The lowest BCUT2D eigenvalue weighted by atomic mass is 10.1. The molecule has 0 aliphatic rings. The molecule has 0 saturated carbocycles. The number of hydrogen-bond acceptors (Lipinski definition) is 1.